The van der Waals surface area contributed by atoms with Crippen molar-refractivity contribution in [2.75, 3.05) is 0 Å². The first-order valence-electron chi connectivity index (χ1n) is 21.1. The van der Waals surface area contributed by atoms with Crippen molar-refractivity contribution in [3.63, 3.8) is 0 Å². The van der Waals surface area contributed by atoms with Gasteiger partial charge in [-0.05, 0) is 73.3 Å². The molecule has 0 saturated carbocycles. The van der Waals surface area contributed by atoms with Gasteiger partial charge >= 0.3 is 0 Å². The smallest absolute Gasteiger partial charge is 0.164 e. The van der Waals surface area contributed by atoms with Gasteiger partial charge in [-0.3, -0.25) is 0 Å². The summed E-state index contributed by atoms with van der Waals surface area (Å²) in [5.41, 5.74) is 17.4. The highest BCUT2D eigenvalue weighted by Crippen LogP contribution is 2.64. The van der Waals surface area contributed by atoms with Crippen LogP contribution in [-0.4, -0.2) is 15.0 Å². The first-order chi connectivity index (χ1) is 30.8. The van der Waals surface area contributed by atoms with Gasteiger partial charge in [0.05, 0.1) is 5.41 Å². The molecule has 2 aliphatic carbocycles. The Morgan fingerprint density at radius 3 is 1.52 bits per heavy atom. The molecule has 2 heterocycles. The van der Waals surface area contributed by atoms with Crippen LogP contribution in [0.2, 0.25) is 0 Å². The predicted octanol–water partition coefficient (Wildman–Crippen LogP) is 14.9. The maximum atomic E-state index is 5.36. The maximum Gasteiger partial charge on any atom is 0.164 e. The summed E-state index contributed by atoms with van der Waals surface area (Å²) < 4.78 is 2.54. The number of fused-ring (bicyclic) bond motifs is 13. The van der Waals surface area contributed by atoms with Gasteiger partial charge in [0.2, 0.25) is 0 Å². The van der Waals surface area contributed by atoms with Crippen molar-refractivity contribution in [2.45, 2.75) is 5.41 Å². The number of aromatic nitrogens is 3. The van der Waals surface area contributed by atoms with E-state index in [2.05, 4.69) is 194 Å². The maximum absolute atomic E-state index is 5.36. The molecular weight excluding hydrogens is 771 g/mol. The Morgan fingerprint density at radius 2 is 0.774 bits per heavy atom. The Kier molecular flexibility index (Phi) is 7.69. The molecule has 0 aliphatic heterocycles. The van der Waals surface area contributed by atoms with Crippen LogP contribution in [0.4, 0.5) is 0 Å². The molecule has 11 aromatic rings. The molecule has 0 fully saturated rings. The van der Waals surface area contributed by atoms with E-state index in [4.69, 9.17) is 15.0 Å². The lowest BCUT2D eigenvalue weighted by Crippen LogP contribution is -2.26. The summed E-state index contributed by atoms with van der Waals surface area (Å²) in [5.74, 6) is 1.91. The van der Waals surface area contributed by atoms with E-state index in [0.29, 0.717) is 17.5 Å². The molecule has 2 aliphatic rings. The third-order valence-electron chi connectivity index (χ3n) is 13.0. The van der Waals surface area contributed by atoms with Crippen LogP contribution in [0.3, 0.4) is 0 Å². The van der Waals surface area contributed by atoms with Gasteiger partial charge in [-0.15, -0.1) is 11.3 Å². The van der Waals surface area contributed by atoms with E-state index in [-0.39, 0.29) is 0 Å². The molecule has 3 nitrogen and oxygen atoms in total. The molecule has 4 heteroatoms. The molecule has 0 atom stereocenters. The summed E-state index contributed by atoms with van der Waals surface area (Å²) in [6.07, 6.45) is 0. The van der Waals surface area contributed by atoms with Crippen LogP contribution in [0.25, 0.3) is 98.8 Å². The highest BCUT2D eigenvalue weighted by Gasteiger charge is 2.52. The van der Waals surface area contributed by atoms with E-state index in [1.165, 1.54) is 75.8 Å². The number of hydrogen-bond donors (Lipinski definition) is 0. The molecular formula is C58H35N3S. The quantitative estimate of drug-likeness (QED) is 0.174. The monoisotopic (exact) mass is 805 g/mol. The van der Waals surface area contributed by atoms with Crippen molar-refractivity contribution in [1.82, 2.24) is 15.0 Å². The Balaban J connectivity index is 1.01. The van der Waals surface area contributed by atoms with Crippen molar-refractivity contribution in [2.24, 2.45) is 0 Å². The first-order valence-corrected chi connectivity index (χ1v) is 21.9. The largest absolute Gasteiger partial charge is 0.208 e. The van der Waals surface area contributed by atoms with Crippen LogP contribution in [-0.2, 0) is 5.41 Å². The first kappa shape index (κ1) is 35.0. The highest BCUT2D eigenvalue weighted by atomic mass is 32.1. The molecule has 0 amide bonds. The van der Waals surface area contributed by atoms with Gasteiger partial charge in [0.25, 0.3) is 0 Å². The Bertz CT molecular complexity index is 3540. The molecule has 1 spiro atoms. The predicted molar refractivity (Wildman–Crippen MR) is 256 cm³/mol. The zero-order valence-corrected chi connectivity index (χ0v) is 34.3. The standard InChI is InChI=1S/C58H35N3S/c1-2-17-36(18-3-1)55-59-56(61-57(60-55)48-26-5-4-21-40(48)46-29-16-30-47-44-25-9-13-34-52(44)62-54(46)47)38-20-14-19-37(35-38)39-27-15-28-45-43-24-8-12-33-51(43)58(53(39)45)49-31-10-6-22-41(49)42-23-7-11-32-50(42)58/h1-35H. The van der Waals surface area contributed by atoms with Gasteiger partial charge < -0.3 is 0 Å². The lowest BCUT2D eigenvalue weighted by atomic mass is 9.68. The molecule has 0 radical (unpaired) electrons. The normalized spacial score (nSPS) is 13.0. The van der Waals surface area contributed by atoms with E-state index in [1.807, 2.05) is 29.5 Å². The van der Waals surface area contributed by atoms with Gasteiger partial charge in [-0.2, -0.15) is 0 Å². The van der Waals surface area contributed by atoms with E-state index in [1.54, 1.807) is 0 Å². The average Bonchev–Trinajstić information content (AvgIpc) is 3.99. The van der Waals surface area contributed by atoms with E-state index < -0.39 is 5.41 Å². The Labute approximate surface area is 363 Å². The number of nitrogens with zero attached hydrogens (tertiary/aromatic N) is 3. The van der Waals surface area contributed by atoms with E-state index in [9.17, 15) is 0 Å². The molecule has 0 unspecified atom stereocenters. The zero-order valence-electron chi connectivity index (χ0n) is 33.5. The fraction of sp³-hybridized carbons (Fsp3) is 0.0172. The van der Waals surface area contributed by atoms with Gasteiger partial charge in [0.1, 0.15) is 0 Å². The minimum absolute atomic E-state index is 0.465. The van der Waals surface area contributed by atoms with Crippen LogP contribution in [0.5, 0.6) is 0 Å². The third-order valence-corrected chi connectivity index (χ3v) is 14.2. The Morgan fingerprint density at radius 1 is 0.306 bits per heavy atom. The topological polar surface area (TPSA) is 38.7 Å². The van der Waals surface area contributed by atoms with Crippen LogP contribution < -0.4 is 0 Å². The van der Waals surface area contributed by atoms with Gasteiger partial charge in [-0.25, -0.2) is 15.0 Å². The second kappa shape index (κ2) is 13.6. The van der Waals surface area contributed by atoms with Crippen molar-refractivity contribution in [1.29, 1.82) is 0 Å². The van der Waals surface area contributed by atoms with Crippen LogP contribution in [0.1, 0.15) is 22.3 Å². The summed E-state index contributed by atoms with van der Waals surface area (Å²) in [6.45, 7) is 0. The minimum Gasteiger partial charge on any atom is -0.208 e. The fourth-order valence-electron chi connectivity index (χ4n) is 10.4. The highest BCUT2D eigenvalue weighted by molar-refractivity contribution is 7.26. The molecule has 0 saturated heterocycles. The van der Waals surface area contributed by atoms with Crippen LogP contribution in [0.15, 0.2) is 212 Å². The van der Waals surface area contributed by atoms with Crippen molar-refractivity contribution >= 4 is 31.5 Å². The Hall–Kier alpha value is -7.79. The number of benzene rings is 9. The molecule has 13 rings (SSSR count). The third kappa shape index (κ3) is 5.02. The molecule has 0 N–H and O–H groups in total. The number of thiophene rings is 1. The molecule has 9 aromatic carbocycles. The lowest BCUT2D eigenvalue weighted by Gasteiger charge is -2.32. The molecule has 2 aromatic heterocycles. The second-order valence-electron chi connectivity index (χ2n) is 16.2. The van der Waals surface area contributed by atoms with Crippen molar-refractivity contribution < 1.29 is 0 Å². The average molecular weight is 806 g/mol. The SMILES string of the molecule is c1ccc(-c2nc(-c3cccc(-c4cccc5c4C4(c6ccccc6-c6ccccc64)c4ccccc4-5)c3)nc(-c3ccccc3-c3cccc4c3sc3ccccc34)n2)cc1. The van der Waals surface area contributed by atoms with Crippen molar-refractivity contribution in [3.8, 4) is 78.7 Å². The van der Waals surface area contributed by atoms with Gasteiger partial charge in [-0.1, -0.05) is 200 Å². The number of rotatable bonds is 5. The van der Waals surface area contributed by atoms with E-state index >= 15 is 0 Å². The minimum atomic E-state index is -0.465. The summed E-state index contributed by atoms with van der Waals surface area (Å²) >= 11 is 1.84. The second-order valence-corrected chi connectivity index (χ2v) is 17.2. The van der Waals surface area contributed by atoms with Crippen LogP contribution >= 0.6 is 11.3 Å². The summed E-state index contributed by atoms with van der Waals surface area (Å²) in [7, 11) is 0. The van der Waals surface area contributed by atoms with Gasteiger partial charge in [0, 0.05) is 42.4 Å². The van der Waals surface area contributed by atoms with Crippen molar-refractivity contribution in [3.05, 3.63) is 235 Å². The lowest BCUT2D eigenvalue weighted by molar-refractivity contribution is 0.796. The summed E-state index contributed by atoms with van der Waals surface area (Å²) in [6, 6.07) is 76.7. The summed E-state index contributed by atoms with van der Waals surface area (Å²) in [5, 5.41) is 2.54. The summed E-state index contributed by atoms with van der Waals surface area (Å²) in [4.78, 5) is 15.8. The van der Waals surface area contributed by atoms with E-state index in [0.717, 1.165) is 27.8 Å². The zero-order chi connectivity index (χ0) is 40.8. The van der Waals surface area contributed by atoms with Gasteiger partial charge in [0.15, 0.2) is 17.5 Å². The molecule has 0 bridgehead atoms. The molecule has 62 heavy (non-hydrogen) atoms. The fourth-order valence-corrected chi connectivity index (χ4v) is 11.7. The van der Waals surface area contributed by atoms with Crippen LogP contribution in [0, 0.1) is 0 Å². The molecule has 288 valence electrons. The number of hydrogen-bond acceptors (Lipinski definition) is 4.